The molecule has 0 saturated carbocycles. The summed E-state index contributed by atoms with van der Waals surface area (Å²) in [4.78, 5) is 30.8. The largest absolute Gasteiger partial charge is 0.326 e. The molecule has 2 amide bonds. The lowest BCUT2D eigenvalue weighted by molar-refractivity contribution is -0.117. The zero-order valence-electron chi connectivity index (χ0n) is 17.3. The lowest BCUT2D eigenvalue weighted by atomic mass is 9.86. The second-order valence-corrected chi connectivity index (χ2v) is 7.86. The first-order chi connectivity index (χ1) is 14.4. The molecule has 0 fully saturated rings. The molecule has 0 saturated heterocycles. The number of nitrogens with zero attached hydrogens (tertiary/aromatic N) is 3. The number of rotatable bonds is 5. The highest BCUT2D eigenvalue weighted by Crippen LogP contribution is 2.40. The van der Waals surface area contributed by atoms with Crippen molar-refractivity contribution in [1.82, 2.24) is 14.5 Å². The fourth-order valence-corrected chi connectivity index (χ4v) is 3.91. The Morgan fingerprint density at radius 2 is 2.13 bits per heavy atom. The number of nitrogens with one attached hydrogen (secondary N) is 2. The Bertz CT molecular complexity index is 1090. The Balaban J connectivity index is 1.72. The number of hydrogen-bond donors (Lipinski definition) is 2. The average Bonchev–Trinajstić information content (AvgIpc) is 3.18. The molecular formula is C23H25N5O2. The molecule has 2 aromatic heterocycles. The summed E-state index contributed by atoms with van der Waals surface area (Å²) in [5, 5.41) is 5.92. The third-order valence-corrected chi connectivity index (χ3v) is 5.23. The maximum absolute atomic E-state index is 12.5. The lowest BCUT2D eigenvalue weighted by Crippen LogP contribution is -2.28. The molecule has 7 heteroatoms. The summed E-state index contributed by atoms with van der Waals surface area (Å²) in [6, 6.07) is 11.8. The van der Waals surface area contributed by atoms with Gasteiger partial charge in [-0.2, -0.15) is 0 Å². The quantitative estimate of drug-likeness (QED) is 0.686. The first-order valence-electron chi connectivity index (χ1n) is 9.89. The van der Waals surface area contributed by atoms with Gasteiger partial charge in [-0.1, -0.05) is 6.07 Å². The predicted octanol–water partition coefficient (Wildman–Crippen LogP) is 3.15. The van der Waals surface area contributed by atoms with E-state index in [4.69, 9.17) is 0 Å². The Hall–Kier alpha value is -3.45. The smallest absolute Gasteiger partial charge is 0.238 e. The van der Waals surface area contributed by atoms with Gasteiger partial charge in [0.2, 0.25) is 11.8 Å². The zero-order valence-corrected chi connectivity index (χ0v) is 17.3. The fourth-order valence-electron chi connectivity index (χ4n) is 3.91. The van der Waals surface area contributed by atoms with Crippen LogP contribution in [0, 0.1) is 6.92 Å². The SMILES string of the molecule is Cc1cc2c(cc1NC(=O)CN(C)C)NC(=O)CC2c1cccn1-c1cccnc1. The predicted molar refractivity (Wildman–Crippen MR) is 117 cm³/mol. The highest BCUT2D eigenvalue weighted by molar-refractivity contribution is 5.98. The van der Waals surface area contributed by atoms with Crippen molar-refractivity contribution in [3.63, 3.8) is 0 Å². The molecule has 3 heterocycles. The van der Waals surface area contributed by atoms with Gasteiger partial charge in [-0.05, 0) is 62.5 Å². The van der Waals surface area contributed by atoms with Crippen molar-refractivity contribution in [3.05, 3.63) is 71.8 Å². The number of hydrogen-bond acceptors (Lipinski definition) is 4. The average molecular weight is 403 g/mol. The molecule has 1 atom stereocenters. The van der Waals surface area contributed by atoms with Gasteiger partial charge in [0.25, 0.3) is 0 Å². The monoisotopic (exact) mass is 403 g/mol. The molecule has 1 aliphatic rings. The summed E-state index contributed by atoms with van der Waals surface area (Å²) < 4.78 is 2.07. The van der Waals surface area contributed by atoms with E-state index in [2.05, 4.69) is 26.3 Å². The number of benzene rings is 1. The van der Waals surface area contributed by atoms with Crippen LogP contribution in [0.25, 0.3) is 5.69 Å². The van der Waals surface area contributed by atoms with Crippen LogP contribution in [0.15, 0.2) is 55.0 Å². The first kappa shape index (κ1) is 19.8. The van der Waals surface area contributed by atoms with Gasteiger partial charge in [-0.25, -0.2) is 0 Å². The van der Waals surface area contributed by atoms with Crippen molar-refractivity contribution in [3.8, 4) is 5.69 Å². The van der Waals surface area contributed by atoms with Crippen molar-refractivity contribution in [2.24, 2.45) is 0 Å². The van der Waals surface area contributed by atoms with E-state index in [1.54, 1.807) is 6.20 Å². The molecule has 3 aromatic rings. The third-order valence-electron chi connectivity index (χ3n) is 5.23. The molecule has 154 valence electrons. The highest BCUT2D eigenvalue weighted by atomic mass is 16.2. The number of carbonyl (C=O) groups excluding carboxylic acids is 2. The molecule has 1 unspecified atom stereocenters. The van der Waals surface area contributed by atoms with Crippen LogP contribution in [0.4, 0.5) is 11.4 Å². The van der Waals surface area contributed by atoms with Gasteiger partial charge in [0.15, 0.2) is 0 Å². The minimum absolute atomic E-state index is 0.0409. The Morgan fingerprint density at radius 3 is 2.87 bits per heavy atom. The number of likely N-dealkylation sites (N-methyl/N-ethyl adjacent to an activating group) is 1. The van der Waals surface area contributed by atoms with E-state index in [9.17, 15) is 9.59 Å². The van der Waals surface area contributed by atoms with Crippen LogP contribution in [0.3, 0.4) is 0 Å². The summed E-state index contributed by atoms with van der Waals surface area (Å²) in [5.41, 5.74) is 5.44. The summed E-state index contributed by atoms with van der Waals surface area (Å²) in [7, 11) is 3.70. The van der Waals surface area contributed by atoms with Gasteiger partial charge in [0, 0.05) is 41.8 Å². The maximum atomic E-state index is 12.5. The van der Waals surface area contributed by atoms with Gasteiger partial charge in [0.1, 0.15) is 0 Å². The second kappa shape index (κ2) is 8.12. The van der Waals surface area contributed by atoms with E-state index in [-0.39, 0.29) is 17.7 Å². The van der Waals surface area contributed by atoms with Gasteiger partial charge >= 0.3 is 0 Å². The summed E-state index contributed by atoms with van der Waals surface area (Å²) in [5.74, 6) is -0.220. The Kier molecular flexibility index (Phi) is 5.37. The second-order valence-electron chi connectivity index (χ2n) is 7.86. The van der Waals surface area contributed by atoms with Crippen LogP contribution in [-0.2, 0) is 9.59 Å². The van der Waals surface area contributed by atoms with Crippen molar-refractivity contribution in [2.75, 3.05) is 31.3 Å². The van der Waals surface area contributed by atoms with Crippen molar-refractivity contribution in [2.45, 2.75) is 19.3 Å². The van der Waals surface area contributed by atoms with Crippen LogP contribution in [0.5, 0.6) is 0 Å². The van der Waals surface area contributed by atoms with Crippen LogP contribution in [-0.4, -0.2) is 46.9 Å². The minimum Gasteiger partial charge on any atom is -0.326 e. The van der Waals surface area contributed by atoms with Gasteiger partial charge in [0.05, 0.1) is 18.4 Å². The number of anilines is 2. The molecule has 0 aliphatic carbocycles. The normalized spacial score (nSPS) is 15.6. The first-order valence-corrected chi connectivity index (χ1v) is 9.89. The Labute approximate surface area is 175 Å². The van der Waals surface area contributed by atoms with E-state index in [1.165, 1.54) is 0 Å². The molecular weight excluding hydrogens is 378 g/mol. The molecule has 30 heavy (non-hydrogen) atoms. The third kappa shape index (κ3) is 3.97. The van der Waals surface area contributed by atoms with E-state index in [0.29, 0.717) is 18.7 Å². The molecule has 1 aliphatic heterocycles. The minimum atomic E-state index is -0.0906. The standard InChI is InChI=1S/C23H25N5O2/c1-15-10-17-18(21-7-5-9-28(21)16-6-4-8-24-13-16)11-22(29)26-20(17)12-19(15)25-23(30)14-27(2)3/h4-10,12-13,18H,11,14H2,1-3H3,(H,25,30)(H,26,29). The van der Waals surface area contributed by atoms with Crippen molar-refractivity contribution < 1.29 is 9.59 Å². The van der Waals surface area contributed by atoms with Crippen LogP contribution in [0.1, 0.15) is 29.2 Å². The Morgan fingerprint density at radius 1 is 1.30 bits per heavy atom. The molecule has 0 radical (unpaired) electrons. The summed E-state index contributed by atoms with van der Waals surface area (Å²) in [6.07, 6.45) is 5.90. The summed E-state index contributed by atoms with van der Waals surface area (Å²) >= 11 is 0. The van der Waals surface area contributed by atoms with Crippen LogP contribution >= 0.6 is 0 Å². The van der Waals surface area contributed by atoms with Gasteiger partial charge < -0.3 is 20.1 Å². The molecule has 2 N–H and O–H groups in total. The van der Waals surface area contributed by atoms with Crippen LogP contribution in [0.2, 0.25) is 0 Å². The number of pyridine rings is 1. The number of carbonyl (C=O) groups is 2. The van der Waals surface area contributed by atoms with Crippen molar-refractivity contribution >= 4 is 23.2 Å². The van der Waals surface area contributed by atoms with Crippen molar-refractivity contribution in [1.29, 1.82) is 0 Å². The molecule has 1 aromatic carbocycles. The van der Waals surface area contributed by atoms with E-state index in [0.717, 1.165) is 28.2 Å². The summed E-state index contributed by atoms with van der Waals surface area (Å²) in [6.45, 7) is 2.27. The molecule has 0 spiro atoms. The van der Waals surface area contributed by atoms with Gasteiger partial charge in [-0.15, -0.1) is 0 Å². The topological polar surface area (TPSA) is 79.3 Å². The lowest BCUT2D eigenvalue weighted by Gasteiger charge is -2.28. The number of fused-ring (bicyclic) bond motifs is 1. The van der Waals surface area contributed by atoms with E-state index in [1.807, 2.05) is 68.6 Å². The number of amides is 2. The zero-order chi connectivity index (χ0) is 21.3. The molecule has 0 bridgehead atoms. The van der Waals surface area contributed by atoms with E-state index >= 15 is 0 Å². The molecule has 4 rings (SSSR count). The van der Waals surface area contributed by atoms with Gasteiger partial charge in [-0.3, -0.25) is 14.6 Å². The number of aromatic nitrogens is 2. The van der Waals surface area contributed by atoms with E-state index < -0.39 is 0 Å². The maximum Gasteiger partial charge on any atom is 0.238 e. The highest BCUT2D eigenvalue weighted by Gasteiger charge is 2.29. The fraction of sp³-hybridized carbons (Fsp3) is 0.261. The number of aryl methyl sites for hydroxylation is 1. The molecule has 7 nitrogen and oxygen atoms in total. The van der Waals surface area contributed by atoms with Crippen LogP contribution < -0.4 is 10.6 Å².